The minimum absolute atomic E-state index is 0.0225. The first-order valence-electron chi connectivity index (χ1n) is 6.34. The highest BCUT2D eigenvalue weighted by molar-refractivity contribution is 4.89. The van der Waals surface area contributed by atoms with E-state index in [4.69, 9.17) is 4.74 Å². The second-order valence-corrected chi connectivity index (χ2v) is 5.61. The number of morpholine rings is 1. The molecule has 2 heterocycles. The van der Waals surface area contributed by atoms with Crippen LogP contribution in [-0.4, -0.2) is 60.5 Å². The van der Waals surface area contributed by atoms with Crippen LogP contribution in [0.1, 0.15) is 26.7 Å². The summed E-state index contributed by atoms with van der Waals surface area (Å²) in [5.74, 6) is 0. The highest BCUT2D eigenvalue weighted by Crippen LogP contribution is 2.24. The number of rotatable bonds is 2. The van der Waals surface area contributed by atoms with Crippen molar-refractivity contribution in [3.8, 4) is 0 Å². The van der Waals surface area contributed by atoms with Crippen molar-refractivity contribution in [1.82, 2.24) is 10.2 Å². The molecule has 94 valence electrons. The van der Waals surface area contributed by atoms with Gasteiger partial charge in [-0.15, -0.1) is 0 Å². The average Bonchev–Trinajstić information content (AvgIpc) is 2.28. The number of ether oxygens (including phenoxy) is 1. The Morgan fingerprint density at radius 3 is 2.94 bits per heavy atom. The summed E-state index contributed by atoms with van der Waals surface area (Å²) in [5, 5.41) is 12.7. The molecular formula is C12H24N2O2. The summed E-state index contributed by atoms with van der Waals surface area (Å²) in [6.45, 7) is 8.40. The van der Waals surface area contributed by atoms with Crippen LogP contribution in [0.25, 0.3) is 0 Å². The second-order valence-electron chi connectivity index (χ2n) is 5.61. The first kappa shape index (κ1) is 12.3. The highest BCUT2D eigenvalue weighted by atomic mass is 16.5. The summed E-state index contributed by atoms with van der Waals surface area (Å²) < 4.78 is 5.83. The zero-order valence-electron chi connectivity index (χ0n) is 10.4. The molecule has 0 aromatic heterocycles. The fraction of sp³-hybridized carbons (Fsp3) is 1.00. The molecule has 16 heavy (non-hydrogen) atoms. The van der Waals surface area contributed by atoms with Crippen molar-refractivity contribution in [3.63, 3.8) is 0 Å². The molecule has 2 fully saturated rings. The molecule has 0 bridgehead atoms. The monoisotopic (exact) mass is 228 g/mol. The van der Waals surface area contributed by atoms with Crippen LogP contribution in [0, 0.1) is 0 Å². The normalized spacial score (nSPS) is 36.2. The van der Waals surface area contributed by atoms with Gasteiger partial charge >= 0.3 is 0 Å². The average molecular weight is 228 g/mol. The van der Waals surface area contributed by atoms with Gasteiger partial charge in [0.05, 0.1) is 18.3 Å². The van der Waals surface area contributed by atoms with Gasteiger partial charge in [0.2, 0.25) is 0 Å². The quantitative estimate of drug-likeness (QED) is 0.709. The van der Waals surface area contributed by atoms with Crippen molar-refractivity contribution in [2.24, 2.45) is 0 Å². The van der Waals surface area contributed by atoms with Gasteiger partial charge in [0, 0.05) is 25.7 Å². The van der Waals surface area contributed by atoms with Crippen LogP contribution in [0.2, 0.25) is 0 Å². The Morgan fingerprint density at radius 2 is 2.31 bits per heavy atom. The molecule has 2 aliphatic heterocycles. The Labute approximate surface area is 98.0 Å². The third-order valence-corrected chi connectivity index (χ3v) is 3.50. The standard InChI is InChI=1S/C12H24N2O2/c1-12(2)9-14(7-11(8-15)16-12)10-4-3-5-13-6-10/h10-11,13,15H,3-9H2,1-2H3. The highest BCUT2D eigenvalue weighted by Gasteiger charge is 2.36. The molecule has 2 atom stereocenters. The number of aliphatic hydroxyl groups excluding tert-OH is 1. The first-order valence-corrected chi connectivity index (χ1v) is 6.34. The summed E-state index contributed by atoms with van der Waals surface area (Å²) in [6, 6.07) is 0.617. The Balaban J connectivity index is 1.97. The summed E-state index contributed by atoms with van der Waals surface area (Å²) in [7, 11) is 0. The van der Waals surface area contributed by atoms with E-state index in [-0.39, 0.29) is 18.3 Å². The molecule has 4 nitrogen and oxygen atoms in total. The molecule has 0 saturated carbocycles. The number of nitrogens with one attached hydrogen (secondary N) is 1. The van der Waals surface area contributed by atoms with E-state index in [0.717, 1.165) is 26.2 Å². The third-order valence-electron chi connectivity index (χ3n) is 3.50. The van der Waals surface area contributed by atoms with Crippen LogP contribution >= 0.6 is 0 Å². The lowest BCUT2D eigenvalue weighted by Gasteiger charge is -2.46. The number of piperidine rings is 1. The minimum Gasteiger partial charge on any atom is -0.394 e. The van der Waals surface area contributed by atoms with E-state index in [2.05, 4.69) is 24.1 Å². The van der Waals surface area contributed by atoms with E-state index >= 15 is 0 Å². The molecule has 0 aromatic rings. The molecule has 2 aliphatic rings. The summed E-state index contributed by atoms with van der Waals surface area (Å²) in [6.07, 6.45) is 2.50. The van der Waals surface area contributed by atoms with Gasteiger partial charge in [-0.3, -0.25) is 4.90 Å². The van der Waals surface area contributed by atoms with Crippen LogP contribution in [0.15, 0.2) is 0 Å². The molecule has 4 heteroatoms. The van der Waals surface area contributed by atoms with E-state index in [1.807, 2.05) is 0 Å². The molecule has 0 aromatic carbocycles. The largest absolute Gasteiger partial charge is 0.394 e. The molecule has 0 amide bonds. The van der Waals surface area contributed by atoms with Crippen molar-refractivity contribution < 1.29 is 9.84 Å². The fourth-order valence-corrected chi connectivity index (χ4v) is 2.86. The van der Waals surface area contributed by atoms with Crippen molar-refractivity contribution in [2.75, 3.05) is 32.8 Å². The molecule has 2 unspecified atom stereocenters. The smallest absolute Gasteiger partial charge is 0.0940 e. The van der Waals surface area contributed by atoms with Gasteiger partial charge in [-0.25, -0.2) is 0 Å². The van der Waals surface area contributed by atoms with Crippen LogP contribution in [-0.2, 0) is 4.74 Å². The molecule has 2 N–H and O–H groups in total. The number of hydrogen-bond acceptors (Lipinski definition) is 4. The van der Waals surface area contributed by atoms with Crippen LogP contribution in [0.4, 0.5) is 0 Å². The second kappa shape index (κ2) is 5.00. The van der Waals surface area contributed by atoms with Gasteiger partial charge < -0.3 is 15.2 Å². The van der Waals surface area contributed by atoms with Gasteiger partial charge in [-0.1, -0.05) is 0 Å². The summed E-state index contributed by atoms with van der Waals surface area (Å²) >= 11 is 0. The minimum atomic E-state index is -0.136. The fourth-order valence-electron chi connectivity index (χ4n) is 2.86. The van der Waals surface area contributed by atoms with E-state index in [1.54, 1.807) is 0 Å². The number of nitrogens with zero attached hydrogens (tertiary/aromatic N) is 1. The molecule has 2 saturated heterocycles. The maximum atomic E-state index is 9.27. The zero-order chi connectivity index (χ0) is 11.6. The lowest BCUT2D eigenvalue weighted by molar-refractivity contribution is -0.157. The predicted molar refractivity (Wildman–Crippen MR) is 63.5 cm³/mol. The van der Waals surface area contributed by atoms with Crippen molar-refractivity contribution in [1.29, 1.82) is 0 Å². The maximum absolute atomic E-state index is 9.27. The Bertz CT molecular complexity index is 227. The van der Waals surface area contributed by atoms with Gasteiger partial charge in [-0.2, -0.15) is 0 Å². The van der Waals surface area contributed by atoms with Crippen molar-refractivity contribution in [3.05, 3.63) is 0 Å². The van der Waals surface area contributed by atoms with Crippen molar-refractivity contribution >= 4 is 0 Å². The van der Waals surface area contributed by atoms with Crippen LogP contribution < -0.4 is 5.32 Å². The Hall–Kier alpha value is -0.160. The lowest BCUT2D eigenvalue weighted by Crippen LogP contribution is -2.59. The van der Waals surface area contributed by atoms with E-state index in [9.17, 15) is 5.11 Å². The molecular weight excluding hydrogens is 204 g/mol. The predicted octanol–water partition coefficient (Wildman–Crippen LogP) is 0.210. The van der Waals surface area contributed by atoms with Crippen LogP contribution in [0.3, 0.4) is 0 Å². The summed E-state index contributed by atoms with van der Waals surface area (Å²) in [5.41, 5.74) is -0.136. The lowest BCUT2D eigenvalue weighted by atomic mass is 9.99. The molecule has 2 rings (SSSR count). The Kier molecular flexibility index (Phi) is 3.85. The van der Waals surface area contributed by atoms with Gasteiger partial charge in [0.15, 0.2) is 0 Å². The van der Waals surface area contributed by atoms with Gasteiger partial charge in [-0.05, 0) is 33.2 Å². The topological polar surface area (TPSA) is 44.7 Å². The van der Waals surface area contributed by atoms with Crippen molar-refractivity contribution in [2.45, 2.75) is 44.4 Å². The van der Waals surface area contributed by atoms with Gasteiger partial charge in [0.1, 0.15) is 0 Å². The van der Waals surface area contributed by atoms with E-state index in [0.29, 0.717) is 6.04 Å². The Morgan fingerprint density at radius 1 is 1.50 bits per heavy atom. The van der Waals surface area contributed by atoms with E-state index in [1.165, 1.54) is 12.8 Å². The van der Waals surface area contributed by atoms with E-state index < -0.39 is 0 Å². The van der Waals surface area contributed by atoms with Crippen LogP contribution in [0.5, 0.6) is 0 Å². The summed E-state index contributed by atoms with van der Waals surface area (Å²) in [4.78, 5) is 2.48. The maximum Gasteiger partial charge on any atom is 0.0940 e. The molecule has 0 spiro atoms. The molecule has 0 aliphatic carbocycles. The number of hydrogen-bond donors (Lipinski definition) is 2. The molecule has 0 radical (unpaired) electrons. The third kappa shape index (κ3) is 2.94. The SMILES string of the molecule is CC1(C)CN(C2CCCNC2)CC(CO)O1. The van der Waals surface area contributed by atoms with Gasteiger partial charge in [0.25, 0.3) is 0 Å². The first-order chi connectivity index (χ1) is 7.61. The zero-order valence-corrected chi connectivity index (χ0v) is 10.4. The number of aliphatic hydroxyl groups is 1.